The molecule has 0 fully saturated rings. The zero-order valence-electron chi connectivity index (χ0n) is 17.8. The van der Waals surface area contributed by atoms with Crippen molar-refractivity contribution in [3.05, 3.63) is 63.0 Å². The highest BCUT2D eigenvalue weighted by molar-refractivity contribution is 6.33. The lowest BCUT2D eigenvalue weighted by Gasteiger charge is -2.31. The van der Waals surface area contributed by atoms with Crippen molar-refractivity contribution in [2.24, 2.45) is 0 Å². The number of halogens is 12. The Morgan fingerprint density at radius 3 is 2.03 bits per heavy atom. The average Bonchev–Trinajstić information content (AvgIpc) is 2.77. The maximum atomic E-state index is 14.4. The molecule has 0 bridgehead atoms. The fraction of sp³-hybridized carbons (Fsp3) is 0.250. The summed E-state index contributed by atoms with van der Waals surface area (Å²) in [4.78, 5) is 15.4. The van der Waals surface area contributed by atoms with Crippen molar-refractivity contribution >= 4 is 46.6 Å². The second-order valence-corrected chi connectivity index (χ2v) is 7.74. The Kier molecular flexibility index (Phi) is 8.44. The van der Waals surface area contributed by atoms with Gasteiger partial charge in [0.05, 0.1) is 28.9 Å². The molecule has 1 aromatic carbocycles. The molecule has 0 aliphatic carbocycles. The number of carbonyl (C=O) groups is 1. The number of pyridine rings is 1. The molecule has 5 nitrogen and oxygen atoms in total. The van der Waals surface area contributed by atoms with Gasteiger partial charge in [0.25, 0.3) is 0 Å². The zero-order valence-corrected chi connectivity index (χ0v) is 19.3. The van der Waals surface area contributed by atoms with Gasteiger partial charge in [-0.1, -0.05) is 23.2 Å². The summed E-state index contributed by atoms with van der Waals surface area (Å²) in [5.74, 6) is -0.960. The van der Waals surface area contributed by atoms with Crippen molar-refractivity contribution in [2.45, 2.75) is 24.2 Å². The number of nitrogens with zero attached hydrogens (tertiary/aromatic N) is 1. The van der Waals surface area contributed by atoms with Gasteiger partial charge in [-0.3, -0.25) is 0 Å². The number of aromatic nitrogens is 1. The third-order valence-corrected chi connectivity index (χ3v) is 5.28. The van der Waals surface area contributed by atoms with Crippen LogP contribution in [0.3, 0.4) is 0 Å². The van der Waals surface area contributed by atoms with E-state index in [1.54, 1.807) is 0 Å². The number of esters is 1. The summed E-state index contributed by atoms with van der Waals surface area (Å²) in [6.07, 6.45) is -16.8. The smallest absolute Gasteiger partial charge is 0.435 e. The van der Waals surface area contributed by atoms with Gasteiger partial charge in [0.1, 0.15) is 5.15 Å². The predicted molar refractivity (Wildman–Crippen MR) is 112 cm³/mol. The molecule has 0 saturated heterocycles. The molecule has 17 heteroatoms. The molecule has 0 aliphatic rings. The number of ether oxygens (including phenoxy) is 1. The van der Waals surface area contributed by atoms with E-state index < -0.39 is 58.1 Å². The average molecular weight is 586 g/mol. The van der Waals surface area contributed by atoms with Gasteiger partial charge in [0.2, 0.25) is 0 Å². The fourth-order valence-corrected chi connectivity index (χ4v) is 3.34. The van der Waals surface area contributed by atoms with E-state index >= 15 is 0 Å². The first-order valence-electron chi connectivity index (χ1n) is 9.24. The van der Waals surface area contributed by atoms with Gasteiger partial charge in [0, 0.05) is 35.3 Å². The van der Waals surface area contributed by atoms with E-state index in [4.69, 9.17) is 28.6 Å². The summed E-state index contributed by atoms with van der Waals surface area (Å²) in [6, 6.07) is 0.114. The van der Waals surface area contributed by atoms with Gasteiger partial charge in [-0.25, -0.2) is 14.2 Å². The number of hydrogen-bond acceptors (Lipinski definition) is 5. The third kappa shape index (κ3) is 5.92. The number of methoxy groups -OCH3 is 1. The van der Waals surface area contributed by atoms with Crippen LogP contribution >= 0.6 is 23.2 Å². The van der Waals surface area contributed by atoms with Gasteiger partial charge in [-0.05, 0) is 18.2 Å². The summed E-state index contributed by atoms with van der Waals surface area (Å²) in [5, 5.41) is 7.72. The highest BCUT2D eigenvalue weighted by atomic mass is 35.5. The molecule has 0 spiro atoms. The molecule has 2 N–H and O–H groups in total. The van der Waals surface area contributed by atoms with Gasteiger partial charge in [-0.2, -0.15) is 39.5 Å². The quantitative estimate of drug-likeness (QED) is 0.158. The van der Waals surface area contributed by atoms with Crippen molar-refractivity contribution in [3.8, 4) is 0 Å². The molecule has 0 unspecified atom stereocenters. The monoisotopic (exact) mass is 585 g/mol. The van der Waals surface area contributed by atoms with E-state index in [0.29, 0.717) is 12.4 Å². The van der Waals surface area contributed by atoms with E-state index in [1.165, 1.54) is 0 Å². The topological polar surface area (TPSA) is 75.1 Å². The summed E-state index contributed by atoms with van der Waals surface area (Å²) in [5.41, 5.74) is -12.7. The Morgan fingerprint density at radius 1 is 1.00 bits per heavy atom. The van der Waals surface area contributed by atoms with Crippen LogP contribution in [0.2, 0.25) is 10.2 Å². The summed E-state index contributed by atoms with van der Waals surface area (Å²) in [6.45, 7) is 0. The van der Waals surface area contributed by atoms with Gasteiger partial charge in [-0.15, -0.1) is 0 Å². The molecule has 2 aromatic rings. The van der Waals surface area contributed by atoms with E-state index in [1.807, 2.05) is 5.32 Å². The van der Waals surface area contributed by atoms with Crippen LogP contribution in [0.1, 0.15) is 27.0 Å². The van der Waals surface area contributed by atoms with Gasteiger partial charge in [0.15, 0.2) is 0 Å². The predicted octanol–water partition coefficient (Wildman–Crippen LogP) is 7.59. The molecule has 0 amide bonds. The standard InChI is InChI=1S/C20H11Cl2F10N3O2/c1-37-16(36)11-2-8(6-35-15(11)22)9(5-33)7-34-14-12(18(24,25)26)3-10(4-13(14)21)17(23,19(27,28)29)20(30,31)32/h2-7,33-34H,1H3/b9-7+,33-5?. The molecule has 1 heterocycles. The fourth-order valence-electron chi connectivity index (χ4n) is 2.88. The zero-order chi connectivity index (χ0) is 28.6. The summed E-state index contributed by atoms with van der Waals surface area (Å²) >= 11 is 11.3. The second-order valence-electron chi connectivity index (χ2n) is 6.97. The van der Waals surface area contributed by atoms with Crippen LogP contribution in [-0.2, 0) is 16.6 Å². The van der Waals surface area contributed by atoms with Crippen molar-refractivity contribution in [1.29, 1.82) is 5.41 Å². The van der Waals surface area contributed by atoms with Crippen molar-refractivity contribution in [3.63, 3.8) is 0 Å². The first kappa shape index (κ1) is 30.2. The van der Waals surface area contributed by atoms with Crippen LogP contribution in [0.5, 0.6) is 0 Å². The maximum Gasteiger partial charge on any atom is 0.435 e. The van der Waals surface area contributed by atoms with E-state index in [2.05, 4.69) is 9.72 Å². The van der Waals surface area contributed by atoms with Crippen LogP contribution in [0.25, 0.3) is 5.57 Å². The third-order valence-electron chi connectivity index (χ3n) is 4.68. The second kappa shape index (κ2) is 10.4. The number of hydrogen-bond donors (Lipinski definition) is 2. The van der Waals surface area contributed by atoms with E-state index in [0.717, 1.165) is 19.4 Å². The van der Waals surface area contributed by atoms with Crippen molar-refractivity contribution < 1.29 is 53.4 Å². The molecule has 37 heavy (non-hydrogen) atoms. The summed E-state index contributed by atoms with van der Waals surface area (Å²) in [7, 11) is 1.01. The van der Waals surface area contributed by atoms with Crippen molar-refractivity contribution in [2.75, 3.05) is 12.4 Å². The maximum absolute atomic E-state index is 14.4. The van der Waals surface area contributed by atoms with Gasteiger partial charge < -0.3 is 15.5 Å². The summed E-state index contributed by atoms with van der Waals surface area (Å²) < 4.78 is 138. The Morgan fingerprint density at radius 2 is 1.57 bits per heavy atom. The number of benzene rings is 1. The number of anilines is 1. The van der Waals surface area contributed by atoms with Crippen LogP contribution in [-0.4, -0.2) is 36.6 Å². The minimum atomic E-state index is -6.68. The molecule has 0 saturated carbocycles. The Labute approximate surface area is 210 Å². The molecule has 0 aliphatic heterocycles. The van der Waals surface area contributed by atoms with Crippen LogP contribution < -0.4 is 5.32 Å². The molecule has 2 rings (SSSR count). The van der Waals surface area contributed by atoms with Crippen LogP contribution in [0.4, 0.5) is 49.6 Å². The van der Waals surface area contributed by atoms with Crippen molar-refractivity contribution in [1.82, 2.24) is 4.98 Å². The number of nitrogens with one attached hydrogen (secondary N) is 2. The molecular weight excluding hydrogens is 575 g/mol. The van der Waals surface area contributed by atoms with Crippen LogP contribution in [0, 0.1) is 5.41 Å². The first-order valence-corrected chi connectivity index (χ1v) is 10.00. The number of carbonyl (C=O) groups excluding carboxylic acids is 1. The lowest BCUT2D eigenvalue weighted by atomic mass is 9.92. The number of alkyl halides is 10. The molecule has 1 aromatic heterocycles. The number of allylic oxidation sites excluding steroid dienone is 1. The normalized spacial score (nSPS) is 13.4. The van der Waals surface area contributed by atoms with E-state index in [9.17, 15) is 48.7 Å². The lowest BCUT2D eigenvalue weighted by Crippen LogP contribution is -2.50. The highest BCUT2D eigenvalue weighted by Gasteiger charge is 2.73. The SMILES string of the molecule is COC(=O)c1cc(/C(C=N)=C/Nc2c(Cl)cc(C(F)(C(F)(F)F)C(F)(F)F)cc2C(F)(F)F)cnc1Cl. The molecular formula is C20H11Cl2F10N3O2. The Bertz CT molecular complexity index is 1230. The minimum absolute atomic E-state index is 0.0921. The Hall–Kier alpha value is -3.07. The largest absolute Gasteiger partial charge is 0.465 e. The Balaban J connectivity index is 2.70. The van der Waals surface area contributed by atoms with Crippen LogP contribution in [0.15, 0.2) is 30.6 Å². The molecule has 202 valence electrons. The lowest BCUT2D eigenvalue weighted by molar-refractivity contribution is -0.348. The molecule has 0 atom stereocenters. The van der Waals surface area contributed by atoms with Gasteiger partial charge >= 0.3 is 30.2 Å². The number of rotatable bonds is 6. The molecule has 0 radical (unpaired) electrons. The van der Waals surface area contributed by atoms with E-state index in [-0.39, 0.29) is 27.9 Å². The first-order chi connectivity index (χ1) is 16.8. The minimum Gasteiger partial charge on any atom is -0.465 e. The highest BCUT2D eigenvalue weighted by Crippen LogP contribution is 2.55.